The molecule has 3 heterocycles. The first kappa shape index (κ1) is 24.8. The van der Waals surface area contributed by atoms with Crippen LogP contribution in [0.25, 0.3) is 0 Å². The Kier molecular flexibility index (Phi) is 6.85. The molecule has 8 nitrogen and oxygen atoms in total. The summed E-state index contributed by atoms with van der Waals surface area (Å²) in [6.45, 7) is 11.0. The molecule has 4 rings (SSSR count). The minimum absolute atomic E-state index is 0.00217. The summed E-state index contributed by atoms with van der Waals surface area (Å²) in [6.07, 6.45) is 4.12. The summed E-state index contributed by atoms with van der Waals surface area (Å²) in [7, 11) is -3.49. The number of nitrogens with zero attached hydrogens (tertiary/aromatic N) is 3. The first-order valence-electron chi connectivity index (χ1n) is 11.5. The van der Waals surface area contributed by atoms with Crippen LogP contribution in [0.5, 0.6) is 5.88 Å². The molecule has 1 unspecified atom stereocenters. The molecule has 1 aromatic heterocycles. The van der Waals surface area contributed by atoms with Crippen LogP contribution in [0.3, 0.4) is 0 Å². The van der Waals surface area contributed by atoms with Crippen molar-refractivity contribution in [1.82, 2.24) is 14.9 Å². The Morgan fingerprint density at radius 3 is 2.47 bits per heavy atom. The summed E-state index contributed by atoms with van der Waals surface area (Å²) in [5, 5.41) is 2.94. The largest absolute Gasteiger partial charge is 0.474 e. The maximum absolute atomic E-state index is 14.5. The quantitative estimate of drug-likeness (QED) is 0.652. The van der Waals surface area contributed by atoms with Crippen molar-refractivity contribution >= 4 is 21.3 Å². The van der Waals surface area contributed by atoms with Gasteiger partial charge in [0.15, 0.2) is 9.84 Å². The smallest absolute Gasteiger partial charge is 0.221 e. The molecule has 2 bridgehead atoms. The van der Waals surface area contributed by atoms with Gasteiger partial charge in [-0.1, -0.05) is 20.8 Å². The minimum Gasteiger partial charge on any atom is -0.474 e. The maximum Gasteiger partial charge on any atom is 0.221 e. The van der Waals surface area contributed by atoms with E-state index in [2.05, 4.69) is 41.0 Å². The van der Waals surface area contributed by atoms with Crippen molar-refractivity contribution in [2.45, 2.75) is 63.6 Å². The number of aromatic nitrogens is 2. The number of nitrogens with one attached hydrogen (secondary N) is 1. The number of hydrogen-bond donors (Lipinski definition) is 1. The van der Waals surface area contributed by atoms with Crippen LogP contribution < -0.4 is 10.1 Å². The highest BCUT2D eigenvalue weighted by Crippen LogP contribution is 2.34. The van der Waals surface area contributed by atoms with Gasteiger partial charge in [0.25, 0.3) is 0 Å². The van der Waals surface area contributed by atoms with E-state index in [0.717, 1.165) is 31.7 Å². The van der Waals surface area contributed by atoms with E-state index < -0.39 is 15.7 Å². The lowest BCUT2D eigenvalue weighted by Gasteiger charge is -2.50. The van der Waals surface area contributed by atoms with Crippen molar-refractivity contribution in [3.63, 3.8) is 0 Å². The third-order valence-electron chi connectivity index (χ3n) is 6.22. The van der Waals surface area contributed by atoms with Gasteiger partial charge in [-0.15, -0.1) is 0 Å². The number of sulfone groups is 1. The average Bonchev–Trinajstić information content (AvgIpc) is 2.71. The highest BCUT2D eigenvalue weighted by Gasteiger charge is 2.41. The molecular formula is C24H33FN4O4S. The first-order valence-corrected chi connectivity index (χ1v) is 13.4. The number of rotatable bonds is 6. The van der Waals surface area contributed by atoms with Crippen LogP contribution >= 0.6 is 0 Å². The molecule has 2 saturated heterocycles. The van der Waals surface area contributed by atoms with Crippen molar-refractivity contribution in [2.75, 3.05) is 31.3 Å². The van der Waals surface area contributed by atoms with E-state index in [0.29, 0.717) is 42.6 Å². The zero-order valence-electron chi connectivity index (χ0n) is 20.3. The van der Waals surface area contributed by atoms with Gasteiger partial charge in [0.05, 0.1) is 29.4 Å². The van der Waals surface area contributed by atoms with Crippen molar-refractivity contribution in [2.24, 2.45) is 5.41 Å². The third kappa shape index (κ3) is 5.67. The summed E-state index contributed by atoms with van der Waals surface area (Å²) in [4.78, 5) is 11.0. The van der Waals surface area contributed by atoms with Gasteiger partial charge in [-0.25, -0.2) is 22.8 Å². The fraction of sp³-hybridized carbons (Fsp3) is 0.583. The molecule has 0 amide bonds. The zero-order valence-corrected chi connectivity index (χ0v) is 21.2. The summed E-state index contributed by atoms with van der Waals surface area (Å²) < 4.78 is 50.0. The van der Waals surface area contributed by atoms with Gasteiger partial charge in [-0.3, -0.25) is 4.90 Å². The predicted octanol–water partition coefficient (Wildman–Crippen LogP) is 3.73. The van der Waals surface area contributed by atoms with Crippen LogP contribution in [0, 0.1) is 18.2 Å². The van der Waals surface area contributed by atoms with E-state index in [1.54, 1.807) is 0 Å². The lowest BCUT2D eigenvalue weighted by molar-refractivity contribution is -0.109. The number of piperidine rings is 1. The number of anilines is 2. The number of fused-ring (bicyclic) bond motifs is 2. The van der Waals surface area contributed by atoms with Gasteiger partial charge < -0.3 is 14.8 Å². The molecule has 0 spiro atoms. The summed E-state index contributed by atoms with van der Waals surface area (Å²) >= 11 is 0. The molecular weight excluding hydrogens is 459 g/mol. The van der Waals surface area contributed by atoms with Gasteiger partial charge in [0.1, 0.15) is 24.1 Å². The van der Waals surface area contributed by atoms with Gasteiger partial charge in [0.2, 0.25) is 5.88 Å². The second-order valence-corrected chi connectivity index (χ2v) is 12.5. The van der Waals surface area contributed by atoms with E-state index in [9.17, 15) is 12.8 Å². The fourth-order valence-electron chi connectivity index (χ4n) is 4.63. The van der Waals surface area contributed by atoms with Crippen LogP contribution in [-0.4, -0.2) is 67.5 Å². The predicted molar refractivity (Wildman–Crippen MR) is 128 cm³/mol. The number of morpholine rings is 1. The molecule has 10 heteroatoms. The van der Waals surface area contributed by atoms with Crippen LogP contribution in [-0.2, 0) is 14.6 Å². The van der Waals surface area contributed by atoms with E-state index in [-0.39, 0.29) is 22.1 Å². The molecule has 186 valence electrons. The van der Waals surface area contributed by atoms with Crippen molar-refractivity contribution in [3.05, 3.63) is 35.9 Å². The Morgan fingerprint density at radius 2 is 1.88 bits per heavy atom. The lowest BCUT2D eigenvalue weighted by Crippen LogP contribution is -2.60. The average molecular weight is 493 g/mol. The molecule has 1 aromatic carbocycles. The topological polar surface area (TPSA) is 93.7 Å². The number of hydrogen-bond acceptors (Lipinski definition) is 8. The molecule has 2 fully saturated rings. The molecule has 0 aliphatic carbocycles. The van der Waals surface area contributed by atoms with Crippen LogP contribution in [0.4, 0.5) is 15.9 Å². The Labute approximate surface area is 200 Å². The molecule has 3 atom stereocenters. The lowest BCUT2D eigenvalue weighted by atomic mass is 9.87. The SMILES string of the molecule is Cc1c(Nc2ccc(S(C)(=O)=O)cc2F)ncnc1OC1C[C@H]2COC[C@@H](C1)N2CC(C)(C)C. The maximum atomic E-state index is 14.5. The zero-order chi connectivity index (χ0) is 24.7. The van der Waals surface area contributed by atoms with Crippen molar-refractivity contribution in [3.8, 4) is 5.88 Å². The first-order chi connectivity index (χ1) is 15.9. The highest BCUT2D eigenvalue weighted by atomic mass is 32.2. The second kappa shape index (κ2) is 9.39. The normalized spacial score (nSPS) is 23.5. The molecule has 0 saturated carbocycles. The summed E-state index contributed by atoms with van der Waals surface area (Å²) in [5.74, 6) is 0.186. The van der Waals surface area contributed by atoms with Crippen molar-refractivity contribution < 1.29 is 22.3 Å². The second-order valence-electron chi connectivity index (χ2n) is 10.5. The molecule has 2 aromatic rings. The van der Waals surface area contributed by atoms with Gasteiger partial charge >= 0.3 is 0 Å². The molecule has 1 N–H and O–H groups in total. The van der Waals surface area contributed by atoms with Crippen LogP contribution in [0.15, 0.2) is 29.4 Å². The Morgan fingerprint density at radius 1 is 1.21 bits per heavy atom. The Bertz CT molecular complexity index is 1140. The number of benzene rings is 1. The Hall–Kier alpha value is -2.30. The minimum atomic E-state index is -3.49. The summed E-state index contributed by atoms with van der Waals surface area (Å²) in [5.41, 5.74) is 0.995. The summed E-state index contributed by atoms with van der Waals surface area (Å²) in [6, 6.07) is 4.36. The monoisotopic (exact) mass is 492 g/mol. The molecule has 2 aliphatic rings. The van der Waals surface area contributed by atoms with Gasteiger partial charge in [-0.2, -0.15) is 0 Å². The Balaban J connectivity index is 1.48. The molecule has 2 aliphatic heterocycles. The standard InChI is InChI=1S/C24H33FN4O4S/c1-15-22(28-21-7-6-19(10-20(21)25)34(5,30)31)26-14-27-23(15)33-18-8-16-11-32-12-17(9-18)29(16)13-24(2,3)4/h6-7,10,14,16-18H,8-9,11-13H2,1-5H3,(H,26,27,28)/t16-,17+,18?. The van der Waals surface area contributed by atoms with Gasteiger partial charge in [-0.05, 0) is 30.5 Å². The van der Waals surface area contributed by atoms with E-state index in [1.807, 2.05) is 6.92 Å². The number of halogens is 1. The molecule has 0 radical (unpaired) electrons. The van der Waals surface area contributed by atoms with Crippen LogP contribution in [0.1, 0.15) is 39.2 Å². The van der Waals surface area contributed by atoms with Gasteiger partial charge in [0, 0.05) is 37.7 Å². The number of ether oxygens (including phenoxy) is 2. The fourth-order valence-corrected chi connectivity index (χ4v) is 5.27. The van der Waals surface area contributed by atoms with E-state index >= 15 is 0 Å². The van der Waals surface area contributed by atoms with E-state index in [4.69, 9.17) is 9.47 Å². The van der Waals surface area contributed by atoms with Crippen molar-refractivity contribution in [1.29, 1.82) is 0 Å². The highest BCUT2D eigenvalue weighted by molar-refractivity contribution is 7.90. The third-order valence-corrected chi connectivity index (χ3v) is 7.33. The van der Waals surface area contributed by atoms with Crippen LogP contribution in [0.2, 0.25) is 0 Å². The molecule has 34 heavy (non-hydrogen) atoms. The van der Waals surface area contributed by atoms with E-state index in [1.165, 1.54) is 18.5 Å².